The molecular formula is C7H4ClNS. The van der Waals surface area contributed by atoms with Gasteiger partial charge in [0.25, 0.3) is 0 Å². The van der Waals surface area contributed by atoms with Crippen LogP contribution in [0.2, 0.25) is 4.47 Å². The molecule has 0 fully saturated rings. The summed E-state index contributed by atoms with van der Waals surface area (Å²) < 4.78 is 30.5. The molecule has 1 aromatic carbocycles. The van der Waals surface area contributed by atoms with Gasteiger partial charge in [0.05, 0.1) is 15.7 Å². The quantitative estimate of drug-likeness (QED) is 0.597. The van der Waals surface area contributed by atoms with Gasteiger partial charge in [-0.3, -0.25) is 0 Å². The predicted octanol–water partition coefficient (Wildman–Crippen LogP) is 2.95. The topological polar surface area (TPSA) is 12.9 Å². The lowest BCUT2D eigenvalue weighted by Gasteiger charge is -1.80. The number of halogens is 1. The van der Waals surface area contributed by atoms with Crippen LogP contribution in [0.3, 0.4) is 0 Å². The van der Waals surface area contributed by atoms with E-state index >= 15 is 0 Å². The van der Waals surface area contributed by atoms with E-state index in [1.807, 2.05) is 0 Å². The van der Waals surface area contributed by atoms with Gasteiger partial charge in [0.2, 0.25) is 0 Å². The van der Waals surface area contributed by atoms with Crippen molar-refractivity contribution in [3.8, 4) is 0 Å². The minimum absolute atomic E-state index is 0.0783. The molecular weight excluding hydrogens is 166 g/mol. The van der Waals surface area contributed by atoms with Gasteiger partial charge in [-0.25, -0.2) is 4.98 Å². The number of rotatable bonds is 0. The van der Waals surface area contributed by atoms with Crippen molar-refractivity contribution in [3.63, 3.8) is 0 Å². The van der Waals surface area contributed by atoms with Crippen LogP contribution in [0.4, 0.5) is 0 Å². The highest BCUT2D eigenvalue weighted by Gasteiger charge is 1.97. The summed E-state index contributed by atoms with van der Waals surface area (Å²) in [5, 5.41) is 0. The second-order valence-electron chi connectivity index (χ2n) is 1.64. The normalized spacial score (nSPS) is 16.1. The van der Waals surface area contributed by atoms with Gasteiger partial charge in [-0.05, 0) is 12.1 Å². The van der Waals surface area contributed by atoms with Gasteiger partial charge >= 0.3 is 0 Å². The summed E-state index contributed by atoms with van der Waals surface area (Å²) in [5.74, 6) is 0. The molecule has 2 aromatic rings. The van der Waals surface area contributed by atoms with E-state index in [1.165, 1.54) is 0 Å². The minimum Gasteiger partial charge on any atom is -0.225 e. The van der Waals surface area contributed by atoms with E-state index in [1.54, 1.807) is 0 Å². The third kappa shape index (κ3) is 0.895. The zero-order chi connectivity index (χ0) is 10.5. The van der Waals surface area contributed by atoms with E-state index in [-0.39, 0.29) is 34.2 Å². The Balaban J connectivity index is 3.01. The van der Waals surface area contributed by atoms with Gasteiger partial charge in [0.1, 0.15) is 0 Å². The number of fused-ring (bicyclic) bond motifs is 1. The molecule has 1 heterocycles. The highest BCUT2D eigenvalue weighted by Crippen LogP contribution is 2.24. The molecule has 0 radical (unpaired) electrons. The molecule has 1 aromatic heterocycles. The number of hydrogen-bond donors (Lipinski definition) is 0. The fraction of sp³-hybridized carbons (Fsp3) is 0. The lowest BCUT2D eigenvalue weighted by Crippen LogP contribution is -1.62. The van der Waals surface area contributed by atoms with Crippen molar-refractivity contribution in [2.75, 3.05) is 0 Å². The van der Waals surface area contributed by atoms with Crippen LogP contribution < -0.4 is 0 Å². The van der Waals surface area contributed by atoms with Gasteiger partial charge in [-0.15, -0.1) is 11.3 Å². The highest BCUT2D eigenvalue weighted by molar-refractivity contribution is 7.22. The van der Waals surface area contributed by atoms with Crippen molar-refractivity contribution in [3.05, 3.63) is 28.6 Å². The second-order valence-corrected chi connectivity index (χ2v) is 3.23. The van der Waals surface area contributed by atoms with Crippen molar-refractivity contribution >= 4 is 33.2 Å². The summed E-state index contributed by atoms with van der Waals surface area (Å²) >= 11 is 6.71. The van der Waals surface area contributed by atoms with Crippen molar-refractivity contribution in [1.82, 2.24) is 4.98 Å². The largest absolute Gasteiger partial charge is 0.225 e. The van der Waals surface area contributed by atoms with Gasteiger partial charge in [0.15, 0.2) is 4.47 Å². The molecule has 0 atom stereocenters. The molecule has 2 rings (SSSR count). The summed E-state index contributed by atoms with van der Waals surface area (Å²) in [5.41, 5.74) is 0.242. The number of aromatic nitrogens is 1. The fourth-order valence-electron chi connectivity index (χ4n) is 0.642. The number of nitrogens with zero attached hydrogens (tertiary/aromatic N) is 1. The maximum Gasteiger partial charge on any atom is 0.184 e. The molecule has 3 heteroatoms. The Bertz CT molecular complexity index is 479. The molecule has 0 amide bonds. The maximum atomic E-state index is 7.56. The first-order valence-electron chi connectivity index (χ1n) is 4.54. The van der Waals surface area contributed by atoms with Crippen molar-refractivity contribution in [2.24, 2.45) is 0 Å². The molecule has 0 aliphatic carbocycles. The summed E-state index contributed by atoms with van der Waals surface area (Å²) in [6.45, 7) is 0. The van der Waals surface area contributed by atoms with Crippen LogP contribution in [0.1, 0.15) is 5.48 Å². The molecule has 0 aliphatic rings. The Labute approximate surface area is 72.9 Å². The molecule has 0 N–H and O–H groups in total. The van der Waals surface area contributed by atoms with Gasteiger partial charge in [-0.2, -0.15) is 0 Å². The Kier molecular flexibility index (Phi) is 0.710. The zero-order valence-electron chi connectivity index (χ0n) is 8.73. The smallest absolute Gasteiger partial charge is 0.184 e. The number of para-hydroxylation sites is 1. The van der Waals surface area contributed by atoms with Crippen LogP contribution >= 0.6 is 22.9 Å². The molecule has 0 unspecified atom stereocenters. The lowest BCUT2D eigenvalue weighted by atomic mass is 10.3. The Morgan fingerprint density at radius 1 is 1.50 bits per heavy atom. The number of benzene rings is 1. The van der Waals surface area contributed by atoms with Gasteiger partial charge < -0.3 is 0 Å². The first-order chi connectivity index (χ1) is 6.52. The van der Waals surface area contributed by atoms with E-state index < -0.39 is 0 Å². The Morgan fingerprint density at radius 2 is 2.30 bits per heavy atom. The van der Waals surface area contributed by atoms with E-state index in [4.69, 9.17) is 17.1 Å². The third-order valence-electron chi connectivity index (χ3n) is 1.02. The van der Waals surface area contributed by atoms with Gasteiger partial charge in [-0.1, -0.05) is 23.7 Å². The van der Waals surface area contributed by atoms with Crippen LogP contribution in [0.25, 0.3) is 10.2 Å². The monoisotopic (exact) mass is 173 g/mol. The van der Waals surface area contributed by atoms with Crippen molar-refractivity contribution in [1.29, 1.82) is 0 Å². The summed E-state index contributed by atoms with van der Waals surface area (Å²) in [4.78, 5) is 3.85. The Hall–Kier alpha value is -0.600. The molecule has 0 bridgehead atoms. The zero-order valence-corrected chi connectivity index (χ0v) is 6.31. The number of thiazole rings is 1. The SMILES string of the molecule is [2H]c1c([2H])c([2H])c2sc(Cl)nc2c1[2H]. The average Bonchev–Trinajstić information content (AvgIpc) is 2.54. The fourth-order valence-corrected chi connectivity index (χ4v) is 1.56. The van der Waals surface area contributed by atoms with Crippen molar-refractivity contribution in [2.45, 2.75) is 0 Å². The minimum atomic E-state index is -0.274. The summed E-state index contributed by atoms with van der Waals surface area (Å²) in [6.07, 6.45) is 0. The second kappa shape index (κ2) is 2.22. The van der Waals surface area contributed by atoms with Crippen LogP contribution in [0.5, 0.6) is 0 Å². The summed E-state index contributed by atoms with van der Waals surface area (Å²) in [7, 11) is 0. The average molecular weight is 174 g/mol. The van der Waals surface area contributed by atoms with E-state index in [0.29, 0.717) is 4.70 Å². The summed E-state index contributed by atoms with van der Waals surface area (Å²) in [6, 6.07) is -0.734. The molecule has 0 aliphatic heterocycles. The molecule has 1 nitrogen and oxygen atoms in total. The first kappa shape index (κ1) is 3.20. The van der Waals surface area contributed by atoms with Crippen LogP contribution in [-0.2, 0) is 0 Å². The molecule has 50 valence electrons. The molecule has 10 heavy (non-hydrogen) atoms. The third-order valence-corrected chi connectivity index (χ3v) is 2.10. The van der Waals surface area contributed by atoms with Crippen LogP contribution in [0, 0.1) is 0 Å². The van der Waals surface area contributed by atoms with Crippen LogP contribution in [-0.4, -0.2) is 4.98 Å². The molecule has 0 saturated carbocycles. The van der Waals surface area contributed by atoms with E-state index in [9.17, 15) is 0 Å². The predicted molar refractivity (Wildman–Crippen MR) is 44.6 cm³/mol. The Morgan fingerprint density at radius 3 is 3.20 bits per heavy atom. The van der Waals surface area contributed by atoms with Gasteiger partial charge in [0, 0.05) is 0 Å². The van der Waals surface area contributed by atoms with Crippen molar-refractivity contribution < 1.29 is 5.48 Å². The molecule has 0 spiro atoms. The van der Waals surface area contributed by atoms with Crippen LogP contribution in [0.15, 0.2) is 24.2 Å². The van der Waals surface area contributed by atoms with E-state index in [0.717, 1.165) is 11.3 Å². The number of hydrogen-bond acceptors (Lipinski definition) is 2. The highest BCUT2D eigenvalue weighted by atomic mass is 35.5. The first-order valence-corrected chi connectivity index (χ1v) is 3.74. The standard InChI is InChI=1S/C7H4ClNS/c8-7-9-5-3-1-2-4-6(5)10-7/h1-4H/i1D,2D,3D,4D. The lowest BCUT2D eigenvalue weighted by molar-refractivity contribution is 1.50. The molecule has 0 saturated heterocycles. The van der Waals surface area contributed by atoms with E-state index in [2.05, 4.69) is 4.98 Å². The maximum absolute atomic E-state index is 7.56.